The Balaban J connectivity index is 2.19. The first kappa shape index (κ1) is 12.5. The molecule has 0 spiro atoms. The standard InChI is InChI=1S/C12H18N2O2S/c1-9-4-2-5-10(8-9)17(15,16)14-12-7-3-6-11(12)13/h2,4-5,8,11-12,14H,3,6-7,13H2,1H3. The number of sulfonamides is 1. The van der Waals surface area contributed by atoms with Crippen LogP contribution in [0.3, 0.4) is 0 Å². The first-order chi connectivity index (χ1) is 7.99. The van der Waals surface area contributed by atoms with E-state index < -0.39 is 10.0 Å². The third-order valence-electron chi connectivity index (χ3n) is 3.18. The highest BCUT2D eigenvalue weighted by Crippen LogP contribution is 2.20. The zero-order valence-electron chi connectivity index (χ0n) is 9.89. The summed E-state index contributed by atoms with van der Waals surface area (Å²) in [7, 11) is -3.43. The highest BCUT2D eigenvalue weighted by molar-refractivity contribution is 7.89. The minimum atomic E-state index is -3.43. The average Bonchev–Trinajstić information content (AvgIpc) is 2.64. The van der Waals surface area contributed by atoms with Crippen LogP contribution in [0.4, 0.5) is 0 Å². The molecule has 1 aliphatic rings. The van der Waals surface area contributed by atoms with E-state index in [0.717, 1.165) is 24.8 Å². The number of benzene rings is 1. The molecule has 4 nitrogen and oxygen atoms in total. The van der Waals surface area contributed by atoms with Gasteiger partial charge in [-0.05, 0) is 37.5 Å². The molecule has 1 aliphatic carbocycles. The van der Waals surface area contributed by atoms with Gasteiger partial charge in [0.15, 0.2) is 0 Å². The predicted octanol–water partition coefficient (Wildman–Crippen LogP) is 1.15. The van der Waals surface area contributed by atoms with Crippen molar-refractivity contribution >= 4 is 10.0 Å². The molecule has 5 heteroatoms. The molecule has 1 aromatic carbocycles. The van der Waals surface area contributed by atoms with Crippen LogP contribution in [0.1, 0.15) is 24.8 Å². The van der Waals surface area contributed by atoms with E-state index in [4.69, 9.17) is 5.73 Å². The molecule has 1 aromatic rings. The Bertz CT molecular complexity index is 499. The average molecular weight is 254 g/mol. The van der Waals surface area contributed by atoms with E-state index >= 15 is 0 Å². The van der Waals surface area contributed by atoms with Crippen molar-refractivity contribution in [3.8, 4) is 0 Å². The molecule has 0 saturated heterocycles. The van der Waals surface area contributed by atoms with Crippen molar-refractivity contribution in [3.63, 3.8) is 0 Å². The van der Waals surface area contributed by atoms with Crippen LogP contribution in [-0.2, 0) is 10.0 Å². The van der Waals surface area contributed by atoms with Crippen molar-refractivity contribution in [2.24, 2.45) is 5.73 Å². The van der Waals surface area contributed by atoms with Crippen LogP contribution in [0.25, 0.3) is 0 Å². The first-order valence-electron chi connectivity index (χ1n) is 5.83. The Morgan fingerprint density at radius 1 is 1.35 bits per heavy atom. The Hall–Kier alpha value is -0.910. The third kappa shape index (κ3) is 2.86. The quantitative estimate of drug-likeness (QED) is 0.850. The summed E-state index contributed by atoms with van der Waals surface area (Å²) in [5.74, 6) is 0. The van der Waals surface area contributed by atoms with E-state index in [-0.39, 0.29) is 12.1 Å². The Labute approximate surface area is 102 Å². The van der Waals surface area contributed by atoms with Crippen LogP contribution in [0, 0.1) is 6.92 Å². The maximum Gasteiger partial charge on any atom is 0.240 e. The molecular formula is C12H18N2O2S. The fraction of sp³-hybridized carbons (Fsp3) is 0.500. The van der Waals surface area contributed by atoms with Crippen LogP contribution < -0.4 is 10.5 Å². The van der Waals surface area contributed by atoms with Crippen LogP contribution >= 0.6 is 0 Å². The zero-order valence-corrected chi connectivity index (χ0v) is 10.7. The van der Waals surface area contributed by atoms with Gasteiger partial charge >= 0.3 is 0 Å². The van der Waals surface area contributed by atoms with Crippen molar-refractivity contribution in [2.75, 3.05) is 0 Å². The fourth-order valence-corrected chi connectivity index (χ4v) is 3.61. The van der Waals surface area contributed by atoms with Gasteiger partial charge in [-0.25, -0.2) is 13.1 Å². The predicted molar refractivity (Wildman–Crippen MR) is 67.1 cm³/mol. The number of rotatable bonds is 3. The second-order valence-electron chi connectivity index (χ2n) is 4.64. The van der Waals surface area contributed by atoms with Gasteiger partial charge in [-0.3, -0.25) is 0 Å². The maximum atomic E-state index is 12.1. The van der Waals surface area contributed by atoms with Crippen LogP contribution in [0.2, 0.25) is 0 Å². The minimum Gasteiger partial charge on any atom is -0.326 e. The number of hydrogen-bond acceptors (Lipinski definition) is 3. The molecule has 0 bridgehead atoms. The van der Waals surface area contributed by atoms with Gasteiger partial charge in [0.05, 0.1) is 4.90 Å². The molecule has 94 valence electrons. The van der Waals surface area contributed by atoms with Gasteiger partial charge in [-0.15, -0.1) is 0 Å². The maximum absolute atomic E-state index is 12.1. The summed E-state index contributed by atoms with van der Waals surface area (Å²) in [5.41, 5.74) is 6.80. The number of nitrogens with one attached hydrogen (secondary N) is 1. The van der Waals surface area contributed by atoms with Crippen LogP contribution in [0.15, 0.2) is 29.2 Å². The lowest BCUT2D eigenvalue weighted by Gasteiger charge is -2.17. The molecule has 2 unspecified atom stereocenters. The Morgan fingerprint density at radius 3 is 2.71 bits per heavy atom. The van der Waals surface area contributed by atoms with Crippen LogP contribution in [-0.4, -0.2) is 20.5 Å². The summed E-state index contributed by atoms with van der Waals surface area (Å²) in [5, 5.41) is 0. The highest BCUT2D eigenvalue weighted by Gasteiger charge is 2.28. The Morgan fingerprint density at radius 2 is 2.12 bits per heavy atom. The summed E-state index contributed by atoms with van der Waals surface area (Å²) in [6.45, 7) is 1.88. The molecule has 0 radical (unpaired) electrons. The second kappa shape index (κ2) is 4.76. The van der Waals surface area contributed by atoms with Gasteiger partial charge in [0.1, 0.15) is 0 Å². The first-order valence-corrected chi connectivity index (χ1v) is 7.32. The fourth-order valence-electron chi connectivity index (χ4n) is 2.18. The molecule has 1 fully saturated rings. The number of hydrogen-bond donors (Lipinski definition) is 2. The topological polar surface area (TPSA) is 72.2 Å². The summed E-state index contributed by atoms with van der Waals surface area (Å²) in [4.78, 5) is 0.316. The van der Waals surface area contributed by atoms with E-state index in [2.05, 4.69) is 4.72 Å². The largest absolute Gasteiger partial charge is 0.326 e. The summed E-state index contributed by atoms with van der Waals surface area (Å²) < 4.78 is 26.9. The third-order valence-corrected chi connectivity index (χ3v) is 4.66. The van der Waals surface area contributed by atoms with Crippen molar-refractivity contribution in [1.29, 1.82) is 0 Å². The Kier molecular flexibility index (Phi) is 3.51. The molecule has 2 atom stereocenters. The van der Waals surface area contributed by atoms with E-state index in [1.165, 1.54) is 0 Å². The van der Waals surface area contributed by atoms with Crippen molar-refractivity contribution < 1.29 is 8.42 Å². The lowest BCUT2D eigenvalue weighted by Crippen LogP contribution is -2.43. The zero-order chi connectivity index (χ0) is 12.5. The number of aryl methyl sites for hydroxylation is 1. The number of nitrogens with two attached hydrogens (primary N) is 1. The van der Waals surface area contributed by atoms with E-state index in [1.807, 2.05) is 13.0 Å². The smallest absolute Gasteiger partial charge is 0.240 e. The molecular weight excluding hydrogens is 236 g/mol. The monoisotopic (exact) mass is 254 g/mol. The molecule has 0 heterocycles. The van der Waals surface area contributed by atoms with Gasteiger partial charge < -0.3 is 5.73 Å². The molecule has 17 heavy (non-hydrogen) atoms. The summed E-state index contributed by atoms with van der Waals surface area (Å²) in [6, 6.07) is 6.72. The normalized spacial score (nSPS) is 25.1. The van der Waals surface area contributed by atoms with Gasteiger partial charge in [-0.1, -0.05) is 18.6 Å². The highest BCUT2D eigenvalue weighted by atomic mass is 32.2. The molecule has 3 N–H and O–H groups in total. The van der Waals surface area contributed by atoms with Gasteiger partial charge in [-0.2, -0.15) is 0 Å². The van der Waals surface area contributed by atoms with Crippen LogP contribution in [0.5, 0.6) is 0 Å². The SMILES string of the molecule is Cc1cccc(S(=O)(=O)NC2CCCC2N)c1. The summed E-state index contributed by atoms with van der Waals surface area (Å²) >= 11 is 0. The van der Waals surface area contributed by atoms with Crippen molar-refractivity contribution in [2.45, 2.75) is 43.2 Å². The molecule has 2 rings (SSSR count). The lowest BCUT2D eigenvalue weighted by molar-refractivity contribution is 0.522. The molecule has 0 amide bonds. The second-order valence-corrected chi connectivity index (χ2v) is 6.35. The molecule has 0 aromatic heterocycles. The van der Waals surface area contributed by atoms with Crippen molar-refractivity contribution in [1.82, 2.24) is 4.72 Å². The summed E-state index contributed by atoms with van der Waals surface area (Å²) in [6.07, 6.45) is 2.70. The van der Waals surface area contributed by atoms with Gasteiger partial charge in [0.25, 0.3) is 0 Å². The van der Waals surface area contributed by atoms with E-state index in [0.29, 0.717) is 4.90 Å². The molecule has 1 saturated carbocycles. The van der Waals surface area contributed by atoms with Gasteiger partial charge in [0, 0.05) is 12.1 Å². The minimum absolute atomic E-state index is 0.0606. The van der Waals surface area contributed by atoms with E-state index in [1.54, 1.807) is 18.2 Å². The van der Waals surface area contributed by atoms with E-state index in [9.17, 15) is 8.42 Å². The lowest BCUT2D eigenvalue weighted by atomic mass is 10.2. The molecule has 0 aliphatic heterocycles. The van der Waals surface area contributed by atoms with Crippen molar-refractivity contribution in [3.05, 3.63) is 29.8 Å². The van der Waals surface area contributed by atoms with Gasteiger partial charge in [0.2, 0.25) is 10.0 Å².